The molecule has 1 saturated heterocycles. The zero-order valence-electron chi connectivity index (χ0n) is 13.5. The molecule has 3 aliphatic heterocycles. The Labute approximate surface area is 152 Å². The van der Waals surface area contributed by atoms with Crippen LogP contribution >= 0.6 is 23.2 Å². The lowest BCUT2D eigenvalue weighted by Gasteiger charge is -2.36. The molecular formula is C20H20Cl2N2. The standard InChI is InChI=1S/C20H20Cl2N2/c21-15-7-14(8-16(22)10-15)13-6-12-2-1-5-24-19-3-4-23-11-18(19)17(9-13)20(12)24/h6-10,18-19,23H,1-5,11H2/t18-,19-/m0/s1. The zero-order valence-corrected chi connectivity index (χ0v) is 15.0. The molecule has 4 heteroatoms. The fourth-order valence-electron chi connectivity index (χ4n) is 4.85. The van der Waals surface area contributed by atoms with Crippen LogP contribution in [0.5, 0.6) is 0 Å². The largest absolute Gasteiger partial charge is 0.367 e. The Morgan fingerprint density at radius 3 is 2.62 bits per heavy atom. The third-order valence-corrected chi connectivity index (χ3v) is 6.23. The van der Waals surface area contributed by atoms with Gasteiger partial charge in [-0.05, 0) is 78.4 Å². The lowest BCUT2D eigenvalue weighted by atomic mass is 9.87. The first-order chi connectivity index (χ1) is 11.7. The van der Waals surface area contributed by atoms with Crippen molar-refractivity contribution in [3.05, 3.63) is 51.5 Å². The molecule has 2 aromatic carbocycles. The van der Waals surface area contributed by atoms with E-state index in [2.05, 4.69) is 22.3 Å². The van der Waals surface area contributed by atoms with E-state index in [1.165, 1.54) is 48.2 Å². The van der Waals surface area contributed by atoms with Gasteiger partial charge in [0.2, 0.25) is 0 Å². The molecule has 124 valence electrons. The van der Waals surface area contributed by atoms with Crippen LogP contribution in [-0.2, 0) is 6.42 Å². The summed E-state index contributed by atoms with van der Waals surface area (Å²) in [6.45, 7) is 3.44. The van der Waals surface area contributed by atoms with Gasteiger partial charge in [-0.1, -0.05) is 23.2 Å². The van der Waals surface area contributed by atoms with E-state index in [1.807, 2.05) is 12.1 Å². The van der Waals surface area contributed by atoms with E-state index in [-0.39, 0.29) is 0 Å². The van der Waals surface area contributed by atoms with Crippen molar-refractivity contribution < 1.29 is 0 Å². The van der Waals surface area contributed by atoms with Gasteiger partial charge in [-0.2, -0.15) is 0 Å². The first-order valence-corrected chi connectivity index (χ1v) is 9.57. The normalized spacial score (nSPS) is 24.7. The molecule has 0 spiro atoms. The average molecular weight is 359 g/mol. The van der Waals surface area contributed by atoms with Gasteiger partial charge in [-0.25, -0.2) is 0 Å². The van der Waals surface area contributed by atoms with Crippen molar-refractivity contribution >= 4 is 28.9 Å². The molecule has 24 heavy (non-hydrogen) atoms. The minimum Gasteiger partial charge on any atom is -0.367 e. The Hall–Kier alpha value is -1.22. The third kappa shape index (κ3) is 2.28. The zero-order chi connectivity index (χ0) is 16.3. The molecule has 3 aliphatic rings. The van der Waals surface area contributed by atoms with Crippen molar-refractivity contribution in [2.45, 2.75) is 31.2 Å². The van der Waals surface area contributed by atoms with Gasteiger partial charge in [0, 0.05) is 40.8 Å². The van der Waals surface area contributed by atoms with E-state index in [9.17, 15) is 0 Å². The van der Waals surface area contributed by atoms with Gasteiger partial charge in [0.15, 0.2) is 0 Å². The Balaban J connectivity index is 1.68. The minimum atomic E-state index is 0.611. The number of nitrogens with zero attached hydrogens (tertiary/aromatic N) is 1. The highest BCUT2D eigenvalue weighted by atomic mass is 35.5. The first kappa shape index (κ1) is 15.1. The van der Waals surface area contributed by atoms with Crippen LogP contribution in [-0.4, -0.2) is 25.7 Å². The minimum absolute atomic E-state index is 0.611. The number of nitrogens with one attached hydrogen (secondary N) is 1. The van der Waals surface area contributed by atoms with Gasteiger partial charge in [0.1, 0.15) is 0 Å². The number of hydrogen-bond acceptors (Lipinski definition) is 2. The van der Waals surface area contributed by atoms with Crippen molar-refractivity contribution in [3.63, 3.8) is 0 Å². The van der Waals surface area contributed by atoms with E-state index < -0.39 is 0 Å². The van der Waals surface area contributed by atoms with Crippen molar-refractivity contribution in [2.75, 3.05) is 24.5 Å². The number of anilines is 1. The molecule has 0 aromatic heterocycles. The van der Waals surface area contributed by atoms with Crippen LogP contribution in [0.15, 0.2) is 30.3 Å². The molecule has 1 fully saturated rings. The van der Waals surface area contributed by atoms with E-state index in [0.717, 1.165) is 18.7 Å². The molecule has 2 nitrogen and oxygen atoms in total. The fourth-order valence-corrected chi connectivity index (χ4v) is 5.37. The van der Waals surface area contributed by atoms with Crippen LogP contribution in [0.4, 0.5) is 5.69 Å². The smallest absolute Gasteiger partial charge is 0.0438 e. The first-order valence-electron chi connectivity index (χ1n) is 8.81. The molecule has 0 saturated carbocycles. The van der Waals surface area contributed by atoms with Crippen LogP contribution in [0.25, 0.3) is 11.1 Å². The van der Waals surface area contributed by atoms with E-state index in [1.54, 1.807) is 6.07 Å². The van der Waals surface area contributed by atoms with Gasteiger partial charge in [0.25, 0.3) is 0 Å². The highest BCUT2D eigenvalue weighted by Crippen LogP contribution is 2.49. The van der Waals surface area contributed by atoms with Crippen LogP contribution < -0.4 is 10.2 Å². The lowest BCUT2D eigenvalue weighted by Crippen LogP contribution is -2.45. The number of fused-ring (bicyclic) bond motifs is 3. The van der Waals surface area contributed by atoms with E-state index >= 15 is 0 Å². The topological polar surface area (TPSA) is 15.3 Å². The van der Waals surface area contributed by atoms with Crippen LogP contribution in [0, 0.1) is 0 Å². The third-order valence-electron chi connectivity index (χ3n) is 5.79. The van der Waals surface area contributed by atoms with Gasteiger partial charge in [0.05, 0.1) is 0 Å². The van der Waals surface area contributed by atoms with Crippen molar-refractivity contribution in [2.24, 2.45) is 0 Å². The van der Waals surface area contributed by atoms with Gasteiger partial charge >= 0.3 is 0 Å². The van der Waals surface area contributed by atoms with Crippen molar-refractivity contribution in [1.82, 2.24) is 5.32 Å². The maximum Gasteiger partial charge on any atom is 0.0438 e. The summed E-state index contributed by atoms with van der Waals surface area (Å²) in [5, 5.41) is 4.99. The van der Waals surface area contributed by atoms with Crippen LogP contribution in [0.3, 0.4) is 0 Å². The quantitative estimate of drug-likeness (QED) is 0.781. The van der Waals surface area contributed by atoms with E-state index in [0.29, 0.717) is 22.0 Å². The van der Waals surface area contributed by atoms with E-state index in [4.69, 9.17) is 23.2 Å². The summed E-state index contributed by atoms with van der Waals surface area (Å²) in [5.41, 5.74) is 6.92. The van der Waals surface area contributed by atoms with Gasteiger partial charge in [-0.3, -0.25) is 0 Å². The Kier molecular flexibility index (Phi) is 3.55. The predicted octanol–water partition coefficient (Wildman–Crippen LogP) is 4.87. The fraction of sp³-hybridized carbons (Fsp3) is 0.400. The number of piperidine rings is 1. The molecule has 0 amide bonds. The molecule has 2 aromatic rings. The summed E-state index contributed by atoms with van der Waals surface area (Å²) in [6, 6.07) is 11.3. The monoisotopic (exact) mass is 358 g/mol. The average Bonchev–Trinajstić information content (AvgIpc) is 2.90. The number of aryl methyl sites for hydroxylation is 1. The Bertz CT molecular complexity index is 797. The van der Waals surface area contributed by atoms with Crippen LogP contribution in [0.2, 0.25) is 10.0 Å². The summed E-state index contributed by atoms with van der Waals surface area (Å²) in [6.07, 6.45) is 3.67. The second kappa shape index (κ2) is 5.66. The molecule has 0 bridgehead atoms. The lowest BCUT2D eigenvalue weighted by molar-refractivity contribution is 0.400. The summed E-state index contributed by atoms with van der Waals surface area (Å²) in [7, 11) is 0. The molecule has 0 unspecified atom stereocenters. The highest BCUT2D eigenvalue weighted by molar-refractivity contribution is 6.35. The number of hydrogen-bond donors (Lipinski definition) is 1. The maximum absolute atomic E-state index is 6.23. The summed E-state index contributed by atoms with van der Waals surface area (Å²) in [5.74, 6) is 0.611. The summed E-state index contributed by atoms with van der Waals surface area (Å²) < 4.78 is 0. The molecular weight excluding hydrogens is 339 g/mol. The van der Waals surface area contributed by atoms with Crippen molar-refractivity contribution in [3.8, 4) is 11.1 Å². The Morgan fingerprint density at radius 1 is 1.00 bits per heavy atom. The maximum atomic E-state index is 6.23. The summed E-state index contributed by atoms with van der Waals surface area (Å²) >= 11 is 12.5. The molecule has 2 atom stereocenters. The Morgan fingerprint density at radius 2 is 1.79 bits per heavy atom. The molecule has 5 rings (SSSR count). The van der Waals surface area contributed by atoms with Gasteiger partial charge in [-0.15, -0.1) is 0 Å². The number of benzene rings is 2. The second-order valence-electron chi connectivity index (χ2n) is 7.19. The van der Waals surface area contributed by atoms with Crippen molar-refractivity contribution in [1.29, 1.82) is 0 Å². The molecule has 3 heterocycles. The van der Waals surface area contributed by atoms with Gasteiger partial charge < -0.3 is 10.2 Å². The highest BCUT2D eigenvalue weighted by Gasteiger charge is 2.42. The SMILES string of the molecule is Clc1cc(Cl)cc(-c2cc3c4c(c2)[C@@H]2CNCC[C@@H]2N4CCC3)c1. The molecule has 1 N–H and O–H groups in total. The molecule has 0 aliphatic carbocycles. The predicted molar refractivity (Wildman–Crippen MR) is 102 cm³/mol. The molecule has 0 radical (unpaired) electrons. The summed E-state index contributed by atoms with van der Waals surface area (Å²) in [4.78, 5) is 2.69. The second-order valence-corrected chi connectivity index (χ2v) is 8.07. The number of halogens is 2. The number of rotatable bonds is 1. The van der Waals surface area contributed by atoms with Crippen LogP contribution in [0.1, 0.15) is 29.9 Å².